The maximum atomic E-state index is 6.02. The number of guanidine groups is 1. The summed E-state index contributed by atoms with van der Waals surface area (Å²) in [6.45, 7) is 2.89. The van der Waals surface area contributed by atoms with Gasteiger partial charge in [0.15, 0.2) is 17.5 Å². The lowest BCUT2D eigenvalue weighted by atomic mass is 10.2. The standard InChI is InChI=1S/C20H22ClN5O3/c1-4-22-20(24-15-8-9-16(27-2)17(11-15)28-3)23-12-18-25-19(26-29-18)13-6-5-7-14(21)10-13/h5-11H,4,12H2,1-3H3,(H2,22,23,24). The summed E-state index contributed by atoms with van der Waals surface area (Å²) >= 11 is 6.02. The van der Waals surface area contributed by atoms with Crippen LogP contribution in [0.1, 0.15) is 12.8 Å². The highest BCUT2D eigenvalue weighted by Crippen LogP contribution is 2.29. The number of rotatable bonds is 7. The van der Waals surface area contributed by atoms with Gasteiger partial charge in [-0.2, -0.15) is 4.98 Å². The van der Waals surface area contributed by atoms with Gasteiger partial charge in [-0.15, -0.1) is 0 Å². The first-order valence-corrected chi connectivity index (χ1v) is 9.36. The number of aliphatic imine (C=N–C) groups is 1. The first kappa shape index (κ1) is 20.5. The van der Waals surface area contributed by atoms with Crippen LogP contribution >= 0.6 is 11.6 Å². The van der Waals surface area contributed by atoms with Gasteiger partial charge in [-0.25, -0.2) is 4.99 Å². The molecule has 0 unspecified atom stereocenters. The molecule has 0 saturated heterocycles. The van der Waals surface area contributed by atoms with Crippen LogP contribution in [0.25, 0.3) is 11.4 Å². The van der Waals surface area contributed by atoms with Gasteiger partial charge >= 0.3 is 0 Å². The van der Waals surface area contributed by atoms with Gasteiger partial charge in [-0.1, -0.05) is 28.9 Å². The van der Waals surface area contributed by atoms with Crippen molar-refractivity contribution in [3.8, 4) is 22.9 Å². The van der Waals surface area contributed by atoms with Gasteiger partial charge in [0.25, 0.3) is 0 Å². The Morgan fingerprint density at radius 1 is 1.14 bits per heavy atom. The number of hydrogen-bond donors (Lipinski definition) is 2. The molecule has 0 amide bonds. The van der Waals surface area contributed by atoms with Gasteiger partial charge in [0.2, 0.25) is 11.7 Å². The van der Waals surface area contributed by atoms with E-state index in [0.717, 1.165) is 11.3 Å². The number of anilines is 1. The zero-order valence-corrected chi connectivity index (χ0v) is 17.2. The van der Waals surface area contributed by atoms with Crippen molar-refractivity contribution in [1.29, 1.82) is 0 Å². The van der Waals surface area contributed by atoms with Crippen molar-refractivity contribution in [2.45, 2.75) is 13.5 Å². The Balaban J connectivity index is 1.73. The van der Waals surface area contributed by atoms with E-state index in [1.165, 1.54) is 0 Å². The van der Waals surface area contributed by atoms with Gasteiger partial charge in [-0.3, -0.25) is 0 Å². The number of ether oxygens (including phenoxy) is 2. The normalized spacial score (nSPS) is 11.2. The molecule has 8 nitrogen and oxygen atoms in total. The van der Waals surface area contributed by atoms with Crippen molar-refractivity contribution < 1.29 is 14.0 Å². The quantitative estimate of drug-likeness (QED) is 0.445. The maximum absolute atomic E-state index is 6.02. The van der Waals surface area contributed by atoms with Crippen LogP contribution in [0.15, 0.2) is 52.0 Å². The molecule has 152 valence electrons. The first-order valence-electron chi connectivity index (χ1n) is 8.98. The number of nitrogens with zero attached hydrogens (tertiary/aromatic N) is 3. The molecule has 3 rings (SSSR count). The Hall–Kier alpha value is -3.26. The van der Waals surface area contributed by atoms with Gasteiger partial charge in [-0.05, 0) is 31.2 Å². The lowest BCUT2D eigenvalue weighted by Crippen LogP contribution is -2.30. The van der Waals surface area contributed by atoms with E-state index in [-0.39, 0.29) is 6.54 Å². The zero-order valence-electron chi connectivity index (χ0n) is 16.4. The molecule has 2 N–H and O–H groups in total. The molecule has 0 radical (unpaired) electrons. The smallest absolute Gasteiger partial charge is 0.248 e. The van der Waals surface area contributed by atoms with Crippen LogP contribution in [0, 0.1) is 0 Å². The van der Waals surface area contributed by atoms with Crippen LogP contribution < -0.4 is 20.1 Å². The van der Waals surface area contributed by atoms with Crippen molar-refractivity contribution in [2.75, 3.05) is 26.1 Å². The minimum atomic E-state index is 0.218. The highest BCUT2D eigenvalue weighted by molar-refractivity contribution is 6.30. The Morgan fingerprint density at radius 2 is 1.97 bits per heavy atom. The van der Waals surface area contributed by atoms with Crippen LogP contribution in [0.2, 0.25) is 5.02 Å². The predicted octanol–water partition coefficient (Wildman–Crippen LogP) is 3.98. The van der Waals surface area contributed by atoms with Crippen molar-refractivity contribution >= 4 is 23.2 Å². The fourth-order valence-electron chi connectivity index (χ4n) is 2.57. The molecule has 1 aromatic heterocycles. The molecule has 0 fully saturated rings. The highest BCUT2D eigenvalue weighted by atomic mass is 35.5. The third-order valence-electron chi connectivity index (χ3n) is 3.91. The molecule has 3 aromatic rings. The predicted molar refractivity (Wildman–Crippen MR) is 113 cm³/mol. The number of halogens is 1. The van der Waals surface area contributed by atoms with E-state index in [9.17, 15) is 0 Å². The average molecular weight is 416 g/mol. The van der Waals surface area contributed by atoms with Crippen LogP contribution in [0.3, 0.4) is 0 Å². The molecule has 1 heterocycles. The van der Waals surface area contributed by atoms with Crippen LogP contribution in [-0.2, 0) is 6.54 Å². The Labute approximate surface area is 173 Å². The maximum Gasteiger partial charge on any atom is 0.248 e. The second-order valence-corrected chi connectivity index (χ2v) is 6.35. The molecular weight excluding hydrogens is 394 g/mol. The first-order chi connectivity index (χ1) is 14.1. The third kappa shape index (κ3) is 5.39. The van der Waals surface area contributed by atoms with Gasteiger partial charge in [0.05, 0.1) is 14.2 Å². The number of aromatic nitrogens is 2. The molecule has 29 heavy (non-hydrogen) atoms. The summed E-state index contributed by atoms with van der Waals surface area (Å²) in [5, 5.41) is 11.0. The van der Waals surface area contributed by atoms with Crippen molar-refractivity contribution in [3.05, 3.63) is 53.4 Å². The molecule has 9 heteroatoms. The molecule has 0 bridgehead atoms. The van der Waals surface area contributed by atoms with Crippen LogP contribution in [-0.4, -0.2) is 36.9 Å². The molecule has 0 spiro atoms. The Kier molecular flexibility index (Phi) is 6.91. The minimum absolute atomic E-state index is 0.218. The Bertz CT molecular complexity index is 990. The summed E-state index contributed by atoms with van der Waals surface area (Å²) in [6.07, 6.45) is 0. The third-order valence-corrected chi connectivity index (χ3v) is 4.15. The second kappa shape index (κ2) is 9.79. The summed E-state index contributed by atoms with van der Waals surface area (Å²) in [4.78, 5) is 8.88. The van der Waals surface area contributed by atoms with E-state index in [0.29, 0.717) is 40.7 Å². The summed E-state index contributed by atoms with van der Waals surface area (Å²) < 4.78 is 15.9. The molecule has 0 aliphatic rings. The summed E-state index contributed by atoms with van der Waals surface area (Å²) in [7, 11) is 3.19. The number of methoxy groups -OCH3 is 2. The average Bonchev–Trinajstić information content (AvgIpc) is 3.21. The van der Waals surface area contributed by atoms with E-state index in [4.69, 9.17) is 25.6 Å². The summed E-state index contributed by atoms with van der Waals surface area (Å²) in [6, 6.07) is 12.8. The van der Waals surface area contributed by atoms with Crippen molar-refractivity contribution in [2.24, 2.45) is 4.99 Å². The second-order valence-electron chi connectivity index (χ2n) is 5.91. The number of hydrogen-bond acceptors (Lipinski definition) is 6. The minimum Gasteiger partial charge on any atom is -0.493 e. The Morgan fingerprint density at radius 3 is 2.69 bits per heavy atom. The molecule has 0 atom stereocenters. The van der Waals surface area contributed by atoms with E-state index < -0.39 is 0 Å². The number of benzene rings is 2. The molecule has 0 saturated carbocycles. The zero-order chi connectivity index (χ0) is 20.6. The highest BCUT2D eigenvalue weighted by Gasteiger charge is 2.10. The lowest BCUT2D eigenvalue weighted by molar-refractivity contribution is 0.355. The van der Waals surface area contributed by atoms with Crippen LogP contribution in [0.4, 0.5) is 5.69 Å². The van der Waals surface area contributed by atoms with Gasteiger partial charge in [0.1, 0.15) is 6.54 Å². The van der Waals surface area contributed by atoms with Crippen molar-refractivity contribution in [3.63, 3.8) is 0 Å². The fraction of sp³-hybridized carbons (Fsp3) is 0.250. The van der Waals surface area contributed by atoms with Gasteiger partial charge < -0.3 is 24.6 Å². The summed E-state index contributed by atoms with van der Waals surface area (Å²) in [5.41, 5.74) is 1.58. The van der Waals surface area contributed by atoms with E-state index in [2.05, 4.69) is 25.8 Å². The topological polar surface area (TPSA) is 93.8 Å². The fourth-order valence-corrected chi connectivity index (χ4v) is 2.76. The molecule has 2 aromatic carbocycles. The molecular formula is C20H22ClN5O3. The lowest BCUT2D eigenvalue weighted by Gasteiger charge is -2.13. The number of nitrogens with one attached hydrogen (secondary N) is 2. The molecule has 0 aliphatic carbocycles. The molecule has 0 aliphatic heterocycles. The van der Waals surface area contributed by atoms with Gasteiger partial charge in [0, 0.05) is 28.9 Å². The monoisotopic (exact) mass is 415 g/mol. The SMILES string of the molecule is CCNC(=NCc1nc(-c2cccc(Cl)c2)no1)Nc1ccc(OC)c(OC)c1. The van der Waals surface area contributed by atoms with Crippen molar-refractivity contribution in [1.82, 2.24) is 15.5 Å². The van der Waals surface area contributed by atoms with E-state index >= 15 is 0 Å². The summed E-state index contributed by atoms with van der Waals surface area (Å²) in [5.74, 6) is 2.71. The van der Waals surface area contributed by atoms with E-state index in [1.54, 1.807) is 26.4 Å². The van der Waals surface area contributed by atoms with Crippen LogP contribution in [0.5, 0.6) is 11.5 Å². The van der Waals surface area contributed by atoms with E-state index in [1.807, 2.05) is 37.3 Å². The largest absolute Gasteiger partial charge is 0.493 e.